The largest absolute Gasteiger partial charge is 0.337 e. The molecule has 2 aromatic rings. The summed E-state index contributed by atoms with van der Waals surface area (Å²) in [5.41, 5.74) is 7.79. The van der Waals surface area contributed by atoms with Crippen LogP contribution in [0.3, 0.4) is 0 Å². The van der Waals surface area contributed by atoms with Crippen molar-refractivity contribution in [2.24, 2.45) is 5.73 Å². The topological polar surface area (TPSA) is 67.9 Å². The fourth-order valence-electron chi connectivity index (χ4n) is 1.84. The number of nitrogens with zero attached hydrogens (tertiary/aromatic N) is 4. The molecule has 0 spiro atoms. The van der Waals surface area contributed by atoms with Crippen LogP contribution in [0.4, 0.5) is 5.95 Å². The van der Waals surface area contributed by atoms with Crippen molar-refractivity contribution in [2.45, 2.75) is 19.9 Å². The average Bonchev–Trinajstić information content (AvgIpc) is 2.47. The summed E-state index contributed by atoms with van der Waals surface area (Å²) < 4.78 is 0. The molecule has 0 radical (unpaired) electrons. The lowest BCUT2D eigenvalue weighted by atomic mass is 10.2. The van der Waals surface area contributed by atoms with E-state index in [0.29, 0.717) is 6.54 Å². The Hall–Kier alpha value is -2.01. The van der Waals surface area contributed by atoms with E-state index < -0.39 is 0 Å². The van der Waals surface area contributed by atoms with Crippen molar-refractivity contribution < 1.29 is 0 Å². The molecule has 100 valence electrons. The van der Waals surface area contributed by atoms with Crippen LogP contribution in [0.15, 0.2) is 36.9 Å². The SMILES string of the molecule is CCN(Cc1ccncc1)c1ncc(CCN)cn1. The molecule has 0 aromatic carbocycles. The smallest absolute Gasteiger partial charge is 0.225 e. The molecule has 0 unspecified atom stereocenters. The minimum Gasteiger partial charge on any atom is -0.337 e. The van der Waals surface area contributed by atoms with Gasteiger partial charge in [0.15, 0.2) is 0 Å². The molecule has 0 bridgehead atoms. The summed E-state index contributed by atoms with van der Waals surface area (Å²) in [4.78, 5) is 15.0. The minimum atomic E-state index is 0.622. The molecule has 0 aliphatic heterocycles. The standard InChI is InChI=1S/C14H19N5/c1-2-19(11-12-4-7-16-8-5-12)14-17-9-13(3-6-15)10-18-14/h4-5,7-10H,2-3,6,11,15H2,1H3. The maximum atomic E-state index is 5.51. The van der Waals surface area contributed by atoms with E-state index >= 15 is 0 Å². The van der Waals surface area contributed by atoms with Crippen molar-refractivity contribution in [1.82, 2.24) is 15.0 Å². The van der Waals surface area contributed by atoms with Gasteiger partial charge in [-0.2, -0.15) is 0 Å². The molecule has 0 fully saturated rings. The molecule has 0 amide bonds. The van der Waals surface area contributed by atoms with Crippen LogP contribution < -0.4 is 10.6 Å². The van der Waals surface area contributed by atoms with Gasteiger partial charge in [-0.3, -0.25) is 4.98 Å². The van der Waals surface area contributed by atoms with E-state index in [1.807, 2.05) is 24.5 Å². The third kappa shape index (κ3) is 3.72. The van der Waals surface area contributed by atoms with Gasteiger partial charge in [-0.1, -0.05) is 0 Å². The first-order chi connectivity index (χ1) is 9.33. The van der Waals surface area contributed by atoms with Gasteiger partial charge in [-0.25, -0.2) is 9.97 Å². The second-order valence-corrected chi connectivity index (χ2v) is 4.30. The Balaban J connectivity index is 2.08. The molecular weight excluding hydrogens is 238 g/mol. The number of anilines is 1. The first-order valence-electron chi connectivity index (χ1n) is 6.48. The second kappa shape index (κ2) is 6.80. The van der Waals surface area contributed by atoms with E-state index in [0.717, 1.165) is 31.0 Å². The highest BCUT2D eigenvalue weighted by Gasteiger charge is 2.08. The van der Waals surface area contributed by atoms with Crippen LogP contribution in [0.2, 0.25) is 0 Å². The molecule has 2 N–H and O–H groups in total. The van der Waals surface area contributed by atoms with Crippen molar-refractivity contribution >= 4 is 5.95 Å². The molecule has 0 aliphatic rings. The van der Waals surface area contributed by atoms with E-state index in [2.05, 4.69) is 26.8 Å². The number of pyridine rings is 1. The summed E-state index contributed by atoms with van der Waals surface area (Å²) in [5, 5.41) is 0. The molecule has 2 rings (SSSR count). The average molecular weight is 257 g/mol. The van der Waals surface area contributed by atoms with E-state index in [-0.39, 0.29) is 0 Å². The van der Waals surface area contributed by atoms with E-state index in [1.165, 1.54) is 5.56 Å². The lowest BCUT2D eigenvalue weighted by molar-refractivity contribution is 0.785. The van der Waals surface area contributed by atoms with Gasteiger partial charge in [0, 0.05) is 37.9 Å². The van der Waals surface area contributed by atoms with Crippen molar-refractivity contribution in [3.8, 4) is 0 Å². The number of hydrogen-bond donors (Lipinski definition) is 1. The van der Waals surface area contributed by atoms with Crippen molar-refractivity contribution in [2.75, 3.05) is 18.0 Å². The Bertz CT molecular complexity index is 483. The minimum absolute atomic E-state index is 0.622. The Morgan fingerprint density at radius 2 is 1.79 bits per heavy atom. The monoisotopic (exact) mass is 257 g/mol. The third-order valence-electron chi connectivity index (χ3n) is 2.91. The van der Waals surface area contributed by atoms with Gasteiger partial charge in [-0.15, -0.1) is 0 Å². The number of nitrogens with two attached hydrogens (primary N) is 1. The van der Waals surface area contributed by atoms with Crippen LogP contribution in [0.25, 0.3) is 0 Å². The molecule has 19 heavy (non-hydrogen) atoms. The van der Waals surface area contributed by atoms with E-state index in [4.69, 9.17) is 5.73 Å². The van der Waals surface area contributed by atoms with Crippen LogP contribution in [0.5, 0.6) is 0 Å². The molecule has 2 aromatic heterocycles. The van der Waals surface area contributed by atoms with Crippen molar-refractivity contribution in [3.63, 3.8) is 0 Å². The predicted octanol–water partition coefficient (Wildman–Crippen LogP) is 1.40. The molecule has 0 aliphatic carbocycles. The second-order valence-electron chi connectivity index (χ2n) is 4.30. The van der Waals surface area contributed by atoms with Gasteiger partial charge in [0.25, 0.3) is 0 Å². The van der Waals surface area contributed by atoms with Gasteiger partial charge in [0.2, 0.25) is 5.95 Å². The number of aromatic nitrogens is 3. The van der Waals surface area contributed by atoms with Crippen LogP contribution in [0, 0.1) is 0 Å². The fourth-order valence-corrected chi connectivity index (χ4v) is 1.84. The Labute approximate surface area is 113 Å². The van der Waals surface area contributed by atoms with E-state index in [1.54, 1.807) is 12.4 Å². The summed E-state index contributed by atoms with van der Waals surface area (Å²) in [5.74, 6) is 0.750. The summed E-state index contributed by atoms with van der Waals surface area (Å²) in [6, 6.07) is 4.01. The third-order valence-corrected chi connectivity index (χ3v) is 2.91. The first-order valence-corrected chi connectivity index (χ1v) is 6.48. The van der Waals surface area contributed by atoms with Crippen LogP contribution in [0.1, 0.15) is 18.1 Å². The summed E-state index contributed by atoms with van der Waals surface area (Å²) in [7, 11) is 0. The van der Waals surface area contributed by atoms with Gasteiger partial charge in [0.1, 0.15) is 0 Å². The van der Waals surface area contributed by atoms with Gasteiger partial charge < -0.3 is 10.6 Å². The van der Waals surface area contributed by atoms with Crippen LogP contribution in [-0.2, 0) is 13.0 Å². The maximum Gasteiger partial charge on any atom is 0.225 e. The molecule has 5 nitrogen and oxygen atoms in total. The summed E-state index contributed by atoms with van der Waals surface area (Å²) in [6.45, 7) is 4.36. The van der Waals surface area contributed by atoms with Crippen molar-refractivity contribution in [3.05, 3.63) is 48.0 Å². The lowest BCUT2D eigenvalue weighted by Crippen LogP contribution is -2.24. The number of hydrogen-bond acceptors (Lipinski definition) is 5. The predicted molar refractivity (Wildman–Crippen MR) is 75.8 cm³/mol. The zero-order chi connectivity index (χ0) is 13.5. The fraction of sp³-hybridized carbons (Fsp3) is 0.357. The molecule has 5 heteroatoms. The molecule has 0 saturated heterocycles. The Morgan fingerprint density at radius 3 is 2.37 bits per heavy atom. The number of rotatable bonds is 6. The quantitative estimate of drug-likeness (QED) is 0.847. The first kappa shape index (κ1) is 13.4. The zero-order valence-corrected chi connectivity index (χ0v) is 11.2. The highest BCUT2D eigenvalue weighted by molar-refractivity contribution is 5.31. The highest BCUT2D eigenvalue weighted by atomic mass is 15.2. The highest BCUT2D eigenvalue weighted by Crippen LogP contribution is 2.11. The summed E-state index contributed by atoms with van der Waals surface area (Å²) >= 11 is 0. The van der Waals surface area contributed by atoms with Gasteiger partial charge >= 0.3 is 0 Å². The van der Waals surface area contributed by atoms with Gasteiger partial charge in [-0.05, 0) is 43.1 Å². The molecule has 0 saturated carbocycles. The molecule has 2 heterocycles. The Morgan fingerprint density at radius 1 is 1.11 bits per heavy atom. The van der Waals surface area contributed by atoms with Crippen molar-refractivity contribution in [1.29, 1.82) is 0 Å². The summed E-state index contributed by atoms with van der Waals surface area (Å²) in [6.07, 6.45) is 8.12. The normalized spacial score (nSPS) is 10.4. The maximum absolute atomic E-state index is 5.51. The van der Waals surface area contributed by atoms with Crippen LogP contribution in [-0.4, -0.2) is 28.0 Å². The van der Waals surface area contributed by atoms with Gasteiger partial charge in [0.05, 0.1) is 0 Å². The zero-order valence-electron chi connectivity index (χ0n) is 11.2. The molecular formula is C14H19N5. The van der Waals surface area contributed by atoms with E-state index in [9.17, 15) is 0 Å². The Kier molecular flexibility index (Phi) is 4.80. The van der Waals surface area contributed by atoms with Crippen LogP contribution >= 0.6 is 0 Å². The molecule has 0 atom stereocenters. The lowest BCUT2D eigenvalue weighted by Gasteiger charge is -2.20.